The van der Waals surface area contributed by atoms with Crippen molar-refractivity contribution in [3.8, 4) is 11.5 Å². The number of nitrogens with zero attached hydrogens (tertiary/aromatic N) is 2. The van der Waals surface area contributed by atoms with Crippen LogP contribution in [0.3, 0.4) is 0 Å². The van der Waals surface area contributed by atoms with Crippen LogP contribution >= 0.6 is 0 Å². The van der Waals surface area contributed by atoms with Crippen molar-refractivity contribution in [2.75, 3.05) is 20.3 Å². The summed E-state index contributed by atoms with van der Waals surface area (Å²) in [5.74, 6) is 1.57. The van der Waals surface area contributed by atoms with Gasteiger partial charge in [-0.05, 0) is 42.7 Å². The molecule has 1 fully saturated rings. The lowest BCUT2D eigenvalue weighted by atomic mass is 10.1. The number of aliphatic hydroxyl groups is 1. The quantitative estimate of drug-likeness (QED) is 0.884. The van der Waals surface area contributed by atoms with Crippen LogP contribution in [-0.4, -0.2) is 47.4 Å². The van der Waals surface area contributed by atoms with Crippen LogP contribution in [0.15, 0.2) is 42.7 Å². The Labute approximate surface area is 142 Å². The molecule has 1 N–H and O–H groups in total. The Hall–Kier alpha value is -1.95. The lowest BCUT2D eigenvalue weighted by Crippen LogP contribution is -2.31. The molecule has 0 amide bonds. The Balaban J connectivity index is 1.68. The topological polar surface area (TPSA) is 54.8 Å². The molecule has 1 aliphatic heterocycles. The second-order valence-corrected chi connectivity index (χ2v) is 6.25. The van der Waals surface area contributed by atoms with Crippen molar-refractivity contribution in [2.24, 2.45) is 0 Å². The first-order chi connectivity index (χ1) is 11.7. The normalized spacial score (nSPS) is 21.1. The number of hydrogen-bond donors (Lipinski definition) is 1. The van der Waals surface area contributed by atoms with Crippen LogP contribution in [-0.2, 0) is 11.3 Å². The second-order valence-electron chi connectivity index (χ2n) is 6.25. The molecular formula is C19H24N2O3. The third-order valence-corrected chi connectivity index (χ3v) is 4.52. The van der Waals surface area contributed by atoms with Crippen molar-refractivity contribution in [3.63, 3.8) is 0 Å². The van der Waals surface area contributed by atoms with Gasteiger partial charge in [-0.1, -0.05) is 12.1 Å². The van der Waals surface area contributed by atoms with Crippen molar-refractivity contribution in [1.82, 2.24) is 9.88 Å². The molecule has 0 saturated carbocycles. The Kier molecular flexibility index (Phi) is 5.45. The minimum atomic E-state index is 0.168. The summed E-state index contributed by atoms with van der Waals surface area (Å²) < 4.78 is 11.3. The SMILES string of the molecule is CO[C@H]1C[C@@H](CO)N(Cc2ccc(Oc3cccnc3)c(C)c2)C1. The zero-order chi connectivity index (χ0) is 16.9. The van der Waals surface area contributed by atoms with Crippen LogP contribution < -0.4 is 4.74 Å². The number of ether oxygens (including phenoxy) is 2. The molecule has 2 aromatic rings. The third-order valence-electron chi connectivity index (χ3n) is 4.52. The van der Waals surface area contributed by atoms with E-state index in [0.717, 1.165) is 36.6 Å². The van der Waals surface area contributed by atoms with Gasteiger partial charge in [0.15, 0.2) is 0 Å². The number of hydrogen-bond acceptors (Lipinski definition) is 5. The number of rotatable bonds is 6. The Morgan fingerprint density at radius 3 is 2.88 bits per heavy atom. The van der Waals surface area contributed by atoms with Gasteiger partial charge in [-0.2, -0.15) is 0 Å². The lowest BCUT2D eigenvalue weighted by molar-refractivity contribution is 0.107. The van der Waals surface area contributed by atoms with Crippen molar-refractivity contribution in [1.29, 1.82) is 0 Å². The van der Waals surface area contributed by atoms with Gasteiger partial charge in [-0.3, -0.25) is 9.88 Å². The fraction of sp³-hybridized carbons (Fsp3) is 0.421. The van der Waals surface area contributed by atoms with E-state index in [1.807, 2.05) is 25.1 Å². The van der Waals surface area contributed by atoms with Crippen LogP contribution in [0, 0.1) is 6.92 Å². The van der Waals surface area contributed by atoms with Crippen molar-refractivity contribution < 1.29 is 14.6 Å². The van der Waals surface area contributed by atoms with Gasteiger partial charge < -0.3 is 14.6 Å². The maximum atomic E-state index is 9.57. The largest absolute Gasteiger partial charge is 0.455 e. The third kappa shape index (κ3) is 3.93. The van der Waals surface area contributed by atoms with Gasteiger partial charge in [0.25, 0.3) is 0 Å². The first-order valence-corrected chi connectivity index (χ1v) is 8.24. The highest BCUT2D eigenvalue weighted by Crippen LogP contribution is 2.27. The smallest absolute Gasteiger partial charge is 0.145 e. The molecule has 0 spiro atoms. The molecule has 2 atom stereocenters. The maximum Gasteiger partial charge on any atom is 0.145 e. The van der Waals surface area contributed by atoms with Crippen LogP contribution in [0.2, 0.25) is 0 Å². The van der Waals surface area contributed by atoms with E-state index in [0.29, 0.717) is 0 Å². The Bertz CT molecular complexity index is 663. The molecule has 2 heterocycles. The fourth-order valence-electron chi connectivity index (χ4n) is 3.19. The van der Waals surface area contributed by atoms with E-state index in [2.05, 4.69) is 22.0 Å². The molecule has 1 saturated heterocycles. The first kappa shape index (κ1) is 16.9. The summed E-state index contributed by atoms with van der Waals surface area (Å²) in [6.07, 6.45) is 4.52. The predicted molar refractivity (Wildman–Crippen MR) is 92.2 cm³/mol. The standard InChI is InChI=1S/C19H24N2O3/c1-14-8-15(11-21-12-18(23-2)9-16(21)13-22)5-6-19(14)24-17-4-3-7-20-10-17/h3-8,10,16,18,22H,9,11-13H2,1-2H3/t16-,18-/m0/s1. The highest BCUT2D eigenvalue weighted by Gasteiger charge is 2.31. The molecule has 24 heavy (non-hydrogen) atoms. The molecule has 0 aliphatic carbocycles. The van der Waals surface area contributed by atoms with E-state index in [-0.39, 0.29) is 18.8 Å². The molecule has 5 nitrogen and oxygen atoms in total. The van der Waals surface area contributed by atoms with E-state index in [1.54, 1.807) is 19.5 Å². The minimum Gasteiger partial charge on any atom is -0.455 e. The number of aromatic nitrogens is 1. The van der Waals surface area contributed by atoms with Gasteiger partial charge >= 0.3 is 0 Å². The van der Waals surface area contributed by atoms with Gasteiger partial charge in [0.1, 0.15) is 11.5 Å². The van der Waals surface area contributed by atoms with Crippen LogP contribution in [0.25, 0.3) is 0 Å². The fourth-order valence-corrected chi connectivity index (χ4v) is 3.19. The molecule has 0 radical (unpaired) electrons. The van der Waals surface area contributed by atoms with Gasteiger partial charge in [0.2, 0.25) is 0 Å². The zero-order valence-electron chi connectivity index (χ0n) is 14.2. The highest BCUT2D eigenvalue weighted by atomic mass is 16.5. The number of likely N-dealkylation sites (tertiary alicyclic amines) is 1. The van der Waals surface area contributed by atoms with Crippen LogP contribution in [0.1, 0.15) is 17.5 Å². The second kappa shape index (κ2) is 7.75. The Morgan fingerprint density at radius 2 is 2.21 bits per heavy atom. The summed E-state index contributed by atoms with van der Waals surface area (Å²) in [6.45, 7) is 3.87. The summed E-state index contributed by atoms with van der Waals surface area (Å²) in [5.41, 5.74) is 2.29. The monoisotopic (exact) mass is 328 g/mol. The molecule has 1 aliphatic rings. The Morgan fingerprint density at radius 1 is 1.33 bits per heavy atom. The van der Waals surface area contributed by atoms with Gasteiger partial charge in [0.05, 0.1) is 18.9 Å². The average Bonchev–Trinajstić information content (AvgIpc) is 3.00. The predicted octanol–water partition coefficient (Wildman–Crippen LogP) is 2.76. The highest BCUT2D eigenvalue weighted by molar-refractivity contribution is 5.39. The summed E-state index contributed by atoms with van der Waals surface area (Å²) in [7, 11) is 1.73. The van der Waals surface area contributed by atoms with Crippen molar-refractivity contribution in [2.45, 2.75) is 32.0 Å². The summed E-state index contributed by atoms with van der Waals surface area (Å²) >= 11 is 0. The number of benzene rings is 1. The van der Waals surface area contributed by atoms with E-state index < -0.39 is 0 Å². The van der Waals surface area contributed by atoms with E-state index in [4.69, 9.17) is 9.47 Å². The molecule has 1 aromatic heterocycles. The molecule has 5 heteroatoms. The van der Waals surface area contributed by atoms with Gasteiger partial charge in [0, 0.05) is 32.4 Å². The summed E-state index contributed by atoms with van der Waals surface area (Å²) in [4.78, 5) is 6.34. The molecule has 0 unspecified atom stereocenters. The summed E-state index contributed by atoms with van der Waals surface area (Å²) in [6, 6.07) is 10.1. The maximum absolute atomic E-state index is 9.57. The zero-order valence-corrected chi connectivity index (χ0v) is 14.2. The number of pyridine rings is 1. The van der Waals surface area contributed by atoms with Gasteiger partial charge in [-0.15, -0.1) is 0 Å². The van der Waals surface area contributed by atoms with Gasteiger partial charge in [-0.25, -0.2) is 0 Å². The average molecular weight is 328 g/mol. The lowest BCUT2D eigenvalue weighted by Gasteiger charge is -2.22. The van der Waals surface area contributed by atoms with E-state index >= 15 is 0 Å². The van der Waals surface area contributed by atoms with Crippen molar-refractivity contribution in [3.05, 3.63) is 53.9 Å². The first-order valence-electron chi connectivity index (χ1n) is 8.24. The van der Waals surface area contributed by atoms with E-state index in [1.165, 1.54) is 5.56 Å². The molecule has 0 bridgehead atoms. The molecular weight excluding hydrogens is 304 g/mol. The van der Waals surface area contributed by atoms with E-state index in [9.17, 15) is 5.11 Å². The number of methoxy groups -OCH3 is 1. The summed E-state index contributed by atoms with van der Waals surface area (Å²) in [5, 5.41) is 9.57. The van der Waals surface area contributed by atoms with Crippen LogP contribution in [0.5, 0.6) is 11.5 Å². The molecule has 1 aromatic carbocycles. The van der Waals surface area contributed by atoms with Crippen molar-refractivity contribution >= 4 is 0 Å². The number of aryl methyl sites for hydroxylation is 1. The number of aliphatic hydroxyl groups excluding tert-OH is 1. The van der Waals surface area contributed by atoms with Crippen LogP contribution in [0.4, 0.5) is 0 Å². The molecule has 3 rings (SSSR count). The molecule has 128 valence electrons. The minimum absolute atomic E-state index is 0.168.